The highest BCUT2D eigenvalue weighted by Crippen LogP contribution is 2.48. The van der Waals surface area contributed by atoms with Crippen molar-refractivity contribution in [1.82, 2.24) is 0 Å². The number of hydrogen-bond donors (Lipinski definition) is 1. The number of carbonyl (C=O) groups excluding carboxylic acids is 1. The van der Waals surface area contributed by atoms with Crippen molar-refractivity contribution < 1.29 is 23.8 Å². The number of carboxylic acids is 1. The molecule has 1 aliphatic rings. The first kappa shape index (κ1) is 8.96. The molecule has 0 bridgehead atoms. The predicted molar refractivity (Wildman–Crippen MR) is 36.2 cm³/mol. The van der Waals surface area contributed by atoms with Crippen molar-refractivity contribution in [2.75, 3.05) is 6.61 Å². The van der Waals surface area contributed by atoms with E-state index in [1.807, 2.05) is 0 Å². The molecule has 68 valence electrons. The lowest BCUT2D eigenvalue weighted by atomic mass is 10.3. The van der Waals surface area contributed by atoms with Gasteiger partial charge in [-0.2, -0.15) is 0 Å². The second kappa shape index (κ2) is 2.73. The summed E-state index contributed by atoms with van der Waals surface area (Å²) < 4.78 is 17.5. The van der Waals surface area contributed by atoms with Crippen LogP contribution in [0.5, 0.6) is 0 Å². The first-order chi connectivity index (χ1) is 5.52. The number of carboxylic acid groups (broad SMARTS) is 1. The van der Waals surface area contributed by atoms with Gasteiger partial charge >= 0.3 is 11.9 Å². The van der Waals surface area contributed by atoms with E-state index in [-0.39, 0.29) is 13.0 Å². The van der Waals surface area contributed by atoms with Crippen molar-refractivity contribution in [1.29, 1.82) is 0 Å². The quantitative estimate of drug-likeness (QED) is 0.630. The molecule has 12 heavy (non-hydrogen) atoms. The van der Waals surface area contributed by atoms with Gasteiger partial charge in [-0.05, 0) is 6.92 Å². The van der Waals surface area contributed by atoms with E-state index >= 15 is 0 Å². The summed E-state index contributed by atoms with van der Waals surface area (Å²) in [5, 5.41) is 8.36. The summed E-state index contributed by atoms with van der Waals surface area (Å²) >= 11 is 0. The highest BCUT2D eigenvalue weighted by Gasteiger charge is 2.67. The summed E-state index contributed by atoms with van der Waals surface area (Å²) in [5.74, 6) is -3.56. The van der Waals surface area contributed by atoms with Crippen LogP contribution in [0.25, 0.3) is 0 Å². The molecule has 0 unspecified atom stereocenters. The Hall–Kier alpha value is -1.13. The monoisotopic (exact) mass is 176 g/mol. The molecule has 1 saturated carbocycles. The van der Waals surface area contributed by atoms with Gasteiger partial charge in [0.25, 0.3) is 0 Å². The lowest BCUT2D eigenvalue weighted by Crippen LogP contribution is -2.25. The summed E-state index contributed by atoms with van der Waals surface area (Å²) in [4.78, 5) is 21.0. The number of hydrogen-bond acceptors (Lipinski definition) is 3. The molecule has 0 saturated heterocycles. The van der Waals surface area contributed by atoms with Gasteiger partial charge in [-0.3, -0.25) is 4.79 Å². The maximum atomic E-state index is 13.1. The Balaban J connectivity index is 2.54. The number of alkyl halides is 1. The molecule has 1 fully saturated rings. The van der Waals surface area contributed by atoms with Crippen molar-refractivity contribution in [3.63, 3.8) is 0 Å². The number of ether oxygens (including phenoxy) is 1. The van der Waals surface area contributed by atoms with Gasteiger partial charge in [0.05, 0.1) is 6.61 Å². The molecule has 0 aliphatic heterocycles. The second-order valence-corrected chi connectivity index (χ2v) is 2.68. The maximum absolute atomic E-state index is 13.1. The van der Waals surface area contributed by atoms with Crippen LogP contribution in [0.15, 0.2) is 0 Å². The van der Waals surface area contributed by atoms with Crippen molar-refractivity contribution in [2.24, 2.45) is 5.92 Å². The fraction of sp³-hybridized carbons (Fsp3) is 0.714. The molecule has 4 nitrogen and oxygen atoms in total. The molecule has 0 amide bonds. The van der Waals surface area contributed by atoms with Crippen molar-refractivity contribution in [2.45, 2.75) is 19.0 Å². The fourth-order valence-electron chi connectivity index (χ4n) is 0.998. The molecule has 0 spiro atoms. The summed E-state index contributed by atoms with van der Waals surface area (Å²) in [6.45, 7) is 1.61. The van der Waals surface area contributed by atoms with Crippen LogP contribution in [0, 0.1) is 5.92 Å². The van der Waals surface area contributed by atoms with E-state index in [1.54, 1.807) is 6.92 Å². The zero-order valence-corrected chi connectivity index (χ0v) is 6.54. The average molecular weight is 176 g/mol. The molecule has 0 radical (unpaired) electrons. The Morgan fingerprint density at radius 2 is 2.33 bits per heavy atom. The third-order valence-electron chi connectivity index (χ3n) is 1.81. The minimum absolute atomic E-state index is 0.0663. The molecule has 1 N–H and O–H groups in total. The van der Waals surface area contributed by atoms with Gasteiger partial charge < -0.3 is 9.84 Å². The van der Waals surface area contributed by atoms with E-state index in [0.29, 0.717) is 0 Å². The molecule has 1 aliphatic carbocycles. The Morgan fingerprint density at radius 3 is 2.67 bits per heavy atom. The van der Waals surface area contributed by atoms with Crippen LogP contribution in [-0.4, -0.2) is 29.3 Å². The number of carbonyl (C=O) groups is 2. The van der Waals surface area contributed by atoms with E-state index in [4.69, 9.17) is 5.11 Å². The first-order valence-corrected chi connectivity index (χ1v) is 3.61. The Morgan fingerprint density at radius 1 is 1.75 bits per heavy atom. The van der Waals surface area contributed by atoms with E-state index < -0.39 is 23.5 Å². The zero-order chi connectivity index (χ0) is 9.35. The van der Waals surface area contributed by atoms with Gasteiger partial charge in [0.1, 0.15) is 5.92 Å². The summed E-state index contributed by atoms with van der Waals surface area (Å²) in [6, 6.07) is 0. The molecular formula is C7H9FO4. The third-order valence-corrected chi connectivity index (χ3v) is 1.81. The lowest BCUT2D eigenvalue weighted by molar-refractivity contribution is -0.154. The van der Waals surface area contributed by atoms with E-state index in [1.165, 1.54) is 0 Å². The van der Waals surface area contributed by atoms with Gasteiger partial charge in [0, 0.05) is 6.42 Å². The number of halogens is 1. The summed E-state index contributed by atoms with van der Waals surface area (Å²) in [7, 11) is 0. The Bertz CT molecular complexity index is 227. The van der Waals surface area contributed by atoms with Gasteiger partial charge in [-0.15, -0.1) is 0 Å². The first-order valence-electron chi connectivity index (χ1n) is 3.61. The highest BCUT2D eigenvalue weighted by atomic mass is 19.1. The van der Waals surface area contributed by atoms with Crippen molar-refractivity contribution in [3.8, 4) is 0 Å². The molecule has 0 aromatic rings. The van der Waals surface area contributed by atoms with Gasteiger partial charge in [0.15, 0.2) is 0 Å². The molecule has 1 rings (SSSR count). The van der Waals surface area contributed by atoms with Crippen molar-refractivity contribution in [3.05, 3.63) is 0 Å². The molecule has 0 aromatic heterocycles. The van der Waals surface area contributed by atoms with Gasteiger partial charge in [-0.1, -0.05) is 0 Å². The van der Waals surface area contributed by atoms with Crippen LogP contribution in [-0.2, 0) is 14.3 Å². The highest BCUT2D eigenvalue weighted by molar-refractivity contribution is 5.92. The van der Waals surface area contributed by atoms with Gasteiger partial charge in [-0.25, -0.2) is 9.18 Å². The zero-order valence-electron chi connectivity index (χ0n) is 6.54. The second-order valence-electron chi connectivity index (χ2n) is 2.68. The van der Waals surface area contributed by atoms with Crippen LogP contribution in [0.4, 0.5) is 4.39 Å². The minimum Gasteiger partial charge on any atom is -0.481 e. The lowest BCUT2D eigenvalue weighted by Gasteiger charge is -2.04. The third kappa shape index (κ3) is 1.26. The smallest absolute Gasteiger partial charge is 0.344 e. The number of esters is 1. The molecule has 0 aromatic carbocycles. The number of aliphatic carboxylic acids is 1. The Kier molecular flexibility index (Phi) is 2.04. The van der Waals surface area contributed by atoms with E-state index in [2.05, 4.69) is 4.74 Å². The van der Waals surface area contributed by atoms with E-state index in [0.717, 1.165) is 0 Å². The van der Waals surface area contributed by atoms with E-state index in [9.17, 15) is 14.0 Å². The molecule has 0 heterocycles. The largest absolute Gasteiger partial charge is 0.481 e. The minimum atomic E-state index is -2.26. The topological polar surface area (TPSA) is 63.6 Å². The summed E-state index contributed by atoms with van der Waals surface area (Å²) in [5.41, 5.74) is -2.26. The summed E-state index contributed by atoms with van der Waals surface area (Å²) in [6.07, 6.45) is -0.263. The fourth-order valence-corrected chi connectivity index (χ4v) is 0.998. The maximum Gasteiger partial charge on any atom is 0.344 e. The molecule has 2 atom stereocenters. The standard InChI is InChI=1S/C7H9FO4/c1-2-12-6(11)7(8)3-4(7)5(9)10/h4H,2-3H2,1H3,(H,9,10)/t4-,7+/m1/s1. The van der Waals surface area contributed by atoms with Crippen LogP contribution >= 0.6 is 0 Å². The van der Waals surface area contributed by atoms with Crippen LogP contribution in [0.3, 0.4) is 0 Å². The SMILES string of the molecule is CCOC(=O)[C@]1(F)C[C@@H]1C(=O)O. The van der Waals surface area contributed by atoms with Crippen molar-refractivity contribution >= 4 is 11.9 Å². The average Bonchev–Trinajstić information content (AvgIpc) is 2.65. The van der Waals surface area contributed by atoms with Gasteiger partial charge in [0.2, 0.25) is 5.67 Å². The van der Waals surface area contributed by atoms with Crippen LogP contribution in [0.1, 0.15) is 13.3 Å². The normalized spacial score (nSPS) is 32.7. The number of rotatable bonds is 3. The Labute approximate surface area is 68.3 Å². The molecular weight excluding hydrogens is 167 g/mol. The van der Waals surface area contributed by atoms with Crippen LogP contribution in [0.2, 0.25) is 0 Å². The molecule has 5 heteroatoms. The van der Waals surface area contributed by atoms with Crippen LogP contribution < -0.4 is 0 Å². The predicted octanol–water partition coefficient (Wildman–Crippen LogP) is 0.362.